The minimum atomic E-state index is 0.429. The number of nitrogen functional groups attached to an aromatic ring is 1. The lowest BCUT2D eigenvalue weighted by atomic mass is 10.0. The zero-order chi connectivity index (χ0) is 13.2. The van der Waals surface area contributed by atoms with E-state index in [9.17, 15) is 0 Å². The maximum atomic E-state index is 5.90. The van der Waals surface area contributed by atoms with Gasteiger partial charge in [0.25, 0.3) is 0 Å². The molecule has 0 bridgehead atoms. The Kier molecular flexibility index (Phi) is 3.55. The van der Waals surface area contributed by atoms with Crippen LogP contribution < -0.4 is 10.6 Å². The fourth-order valence-corrected chi connectivity index (χ4v) is 3.10. The van der Waals surface area contributed by atoms with Gasteiger partial charge in [-0.1, -0.05) is 12.8 Å². The highest BCUT2D eigenvalue weighted by molar-refractivity contribution is 5.44. The Hall–Kier alpha value is -1.36. The third-order valence-electron chi connectivity index (χ3n) is 4.35. The van der Waals surface area contributed by atoms with E-state index >= 15 is 0 Å². The quantitative estimate of drug-likeness (QED) is 0.873. The van der Waals surface area contributed by atoms with Crippen LogP contribution >= 0.6 is 0 Å². The van der Waals surface area contributed by atoms with Crippen molar-refractivity contribution in [1.29, 1.82) is 0 Å². The third-order valence-corrected chi connectivity index (χ3v) is 4.35. The van der Waals surface area contributed by atoms with Crippen LogP contribution in [-0.2, 0) is 0 Å². The average Bonchev–Trinajstić information content (AvgIpc) is 2.93. The molecular weight excluding hydrogens is 238 g/mol. The van der Waals surface area contributed by atoms with Gasteiger partial charge in [0.05, 0.1) is 5.69 Å². The molecule has 2 N–H and O–H groups in total. The van der Waals surface area contributed by atoms with Gasteiger partial charge in [0.2, 0.25) is 5.95 Å². The molecule has 5 heteroatoms. The molecule has 0 atom stereocenters. The normalized spacial score (nSPS) is 22.1. The fraction of sp³-hybridized carbons (Fsp3) is 0.714. The first kappa shape index (κ1) is 12.7. The smallest absolute Gasteiger partial charge is 0.222 e. The molecule has 2 heterocycles. The van der Waals surface area contributed by atoms with E-state index in [1.165, 1.54) is 25.7 Å². The van der Waals surface area contributed by atoms with Gasteiger partial charge >= 0.3 is 0 Å². The van der Waals surface area contributed by atoms with Crippen LogP contribution in [0.1, 0.15) is 37.3 Å². The van der Waals surface area contributed by atoms with E-state index in [1.54, 1.807) is 0 Å². The Balaban J connectivity index is 1.80. The number of piperazine rings is 1. The van der Waals surface area contributed by atoms with Crippen molar-refractivity contribution in [2.45, 2.75) is 31.6 Å². The third kappa shape index (κ3) is 2.81. The molecule has 104 valence electrons. The molecule has 3 rings (SSSR count). The van der Waals surface area contributed by atoms with Gasteiger partial charge in [0.15, 0.2) is 0 Å². The lowest BCUT2D eigenvalue weighted by Crippen LogP contribution is -2.45. The second kappa shape index (κ2) is 5.33. The first-order chi connectivity index (χ1) is 9.22. The molecule has 1 aliphatic heterocycles. The highest BCUT2D eigenvalue weighted by atomic mass is 15.3. The molecule has 2 fully saturated rings. The summed E-state index contributed by atoms with van der Waals surface area (Å²) in [6, 6.07) is 2.16. The molecule has 0 unspecified atom stereocenters. The Morgan fingerprint density at radius 2 is 1.79 bits per heavy atom. The summed E-state index contributed by atoms with van der Waals surface area (Å²) < 4.78 is 0. The molecule has 1 aromatic heterocycles. The Bertz CT molecular complexity index is 433. The number of hydrogen-bond donors (Lipinski definition) is 1. The van der Waals surface area contributed by atoms with Crippen LogP contribution in [0.2, 0.25) is 0 Å². The minimum absolute atomic E-state index is 0.429. The number of rotatable bonds is 2. The lowest BCUT2D eigenvalue weighted by molar-refractivity contribution is 0.312. The number of hydrogen-bond acceptors (Lipinski definition) is 5. The van der Waals surface area contributed by atoms with Gasteiger partial charge < -0.3 is 15.5 Å². The molecule has 0 amide bonds. The standard InChI is InChI=1S/C14H23N5/c1-18-6-8-19(9-7-18)13-10-12(16-14(15)17-13)11-4-2-3-5-11/h10-11H,2-9H2,1H3,(H2,15,16,17). The maximum absolute atomic E-state index is 5.90. The van der Waals surface area contributed by atoms with Crippen LogP contribution in [0.15, 0.2) is 6.07 Å². The molecule has 5 nitrogen and oxygen atoms in total. The Morgan fingerprint density at radius 1 is 1.11 bits per heavy atom. The molecule has 0 radical (unpaired) electrons. The summed E-state index contributed by atoms with van der Waals surface area (Å²) in [7, 11) is 2.16. The predicted molar refractivity (Wildman–Crippen MR) is 77.4 cm³/mol. The number of likely N-dealkylation sites (N-methyl/N-ethyl adjacent to an activating group) is 1. The van der Waals surface area contributed by atoms with E-state index in [0.717, 1.165) is 37.7 Å². The molecule has 1 aromatic rings. The van der Waals surface area contributed by atoms with Crippen LogP contribution in [0.4, 0.5) is 11.8 Å². The molecular formula is C14H23N5. The summed E-state index contributed by atoms with van der Waals surface area (Å²) in [6.45, 7) is 4.22. The second-order valence-electron chi connectivity index (χ2n) is 5.78. The van der Waals surface area contributed by atoms with E-state index in [4.69, 9.17) is 5.73 Å². The zero-order valence-corrected chi connectivity index (χ0v) is 11.7. The van der Waals surface area contributed by atoms with Gasteiger partial charge in [-0.2, -0.15) is 4.98 Å². The first-order valence-electron chi connectivity index (χ1n) is 7.30. The molecule has 1 saturated carbocycles. The van der Waals surface area contributed by atoms with Crippen molar-refractivity contribution in [3.63, 3.8) is 0 Å². The van der Waals surface area contributed by atoms with Crippen LogP contribution in [0.5, 0.6) is 0 Å². The van der Waals surface area contributed by atoms with Crippen LogP contribution in [0, 0.1) is 0 Å². The number of aromatic nitrogens is 2. The molecule has 0 spiro atoms. The SMILES string of the molecule is CN1CCN(c2cc(C3CCCC3)nc(N)n2)CC1. The van der Waals surface area contributed by atoms with Crippen LogP contribution in [0.3, 0.4) is 0 Å². The van der Waals surface area contributed by atoms with Gasteiger partial charge in [0.1, 0.15) is 5.82 Å². The topological polar surface area (TPSA) is 58.3 Å². The summed E-state index contributed by atoms with van der Waals surface area (Å²) in [5.74, 6) is 2.04. The van der Waals surface area contributed by atoms with E-state index in [1.807, 2.05) is 0 Å². The van der Waals surface area contributed by atoms with Gasteiger partial charge in [-0.3, -0.25) is 0 Å². The maximum Gasteiger partial charge on any atom is 0.222 e. The van der Waals surface area contributed by atoms with E-state index in [-0.39, 0.29) is 0 Å². The van der Waals surface area contributed by atoms with E-state index in [0.29, 0.717) is 11.9 Å². The van der Waals surface area contributed by atoms with Crippen LogP contribution in [-0.4, -0.2) is 48.1 Å². The van der Waals surface area contributed by atoms with E-state index in [2.05, 4.69) is 32.9 Å². The fourth-order valence-electron chi connectivity index (χ4n) is 3.10. The van der Waals surface area contributed by atoms with Crippen molar-refractivity contribution >= 4 is 11.8 Å². The summed E-state index contributed by atoms with van der Waals surface area (Å²) in [4.78, 5) is 13.6. The summed E-state index contributed by atoms with van der Waals surface area (Å²) in [5.41, 5.74) is 7.05. The summed E-state index contributed by atoms with van der Waals surface area (Å²) in [6.07, 6.45) is 5.13. The van der Waals surface area contributed by atoms with Crippen molar-refractivity contribution in [3.8, 4) is 0 Å². The summed E-state index contributed by atoms with van der Waals surface area (Å²) >= 11 is 0. The molecule has 19 heavy (non-hydrogen) atoms. The average molecular weight is 261 g/mol. The number of nitrogens with two attached hydrogens (primary N) is 1. The molecule has 1 saturated heterocycles. The predicted octanol–water partition coefficient (Wildman–Crippen LogP) is 1.47. The monoisotopic (exact) mass is 261 g/mol. The highest BCUT2D eigenvalue weighted by Gasteiger charge is 2.22. The molecule has 0 aromatic carbocycles. The molecule has 2 aliphatic rings. The Labute approximate surface area is 114 Å². The van der Waals surface area contributed by atoms with Crippen molar-refractivity contribution in [3.05, 3.63) is 11.8 Å². The van der Waals surface area contributed by atoms with Gasteiger partial charge in [0, 0.05) is 38.2 Å². The van der Waals surface area contributed by atoms with Crippen molar-refractivity contribution in [1.82, 2.24) is 14.9 Å². The molecule has 1 aliphatic carbocycles. The zero-order valence-electron chi connectivity index (χ0n) is 11.7. The number of anilines is 2. The second-order valence-corrected chi connectivity index (χ2v) is 5.78. The van der Waals surface area contributed by atoms with E-state index < -0.39 is 0 Å². The lowest BCUT2D eigenvalue weighted by Gasteiger charge is -2.33. The van der Waals surface area contributed by atoms with Gasteiger partial charge in [-0.15, -0.1) is 0 Å². The van der Waals surface area contributed by atoms with Crippen molar-refractivity contribution in [2.24, 2.45) is 0 Å². The largest absolute Gasteiger partial charge is 0.368 e. The Morgan fingerprint density at radius 3 is 2.47 bits per heavy atom. The highest BCUT2D eigenvalue weighted by Crippen LogP contribution is 2.34. The summed E-state index contributed by atoms with van der Waals surface area (Å²) in [5, 5.41) is 0. The van der Waals surface area contributed by atoms with Gasteiger partial charge in [-0.25, -0.2) is 4.98 Å². The minimum Gasteiger partial charge on any atom is -0.368 e. The van der Waals surface area contributed by atoms with Gasteiger partial charge in [-0.05, 0) is 19.9 Å². The van der Waals surface area contributed by atoms with Crippen LogP contribution in [0.25, 0.3) is 0 Å². The first-order valence-corrected chi connectivity index (χ1v) is 7.30. The number of nitrogens with zero attached hydrogens (tertiary/aromatic N) is 4. The van der Waals surface area contributed by atoms with Crippen molar-refractivity contribution < 1.29 is 0 Å². The van der Waals surface area contributed by atoms with Crippen molar-refractivity contribution in [2.75, 3.05) is 43.9 Å².